The molecule has 76 valence electrons. The molecule has 0 bridgehead atoms. The standard InChI is InChI=1S/C8H6N2.C4H6O/c1-2-4-8-6-10-9-5-7(8)3-1;1-2-4-5-3-1/h1-6H;1,3H,2,4H2. The van der Waals surface area contributed by atoms with Crippen LogP contribution >= 0.6 is 0 Å². The van der Waals surface area contributed by atoms with Gasteiger partial charge in [-0.2, -0.15) is 10.2 Å². The number of nitrogens with zero attached hydrogens (tertiary/aromatic N) is 2. The molecule has 1 aromatic carbocycles. The molecular formula is C12H12N2O. The van der Waals surface area contributed by atoms with Gasteiger partial charge in [0.05, 0.1) is 25.3 Å². The maximum atomic E-state index is 4.76. The molecule has 0 unspecified atom stereocenters. The Hall–Kier alpha value is -1.90. The summed E-state index contributed by atoms with van der Waals surface area (Å²) in [5.74, 6) is 0. The van der Waals surface area contributed by atoms with E-state index < -0.39 is 0 Å². The minimum atomic E-state index is 0.889. The Labute approximate surface area is 88.4 Å². The van der Waals surface area contributed by atoms with Crippen LogP contribution in [0.4, 0.5) is 0 Å². The molecule has 3 rings (SSSR count). The van der Waals surface area contributed by atoms with Gasteiger partial charge < -0.3 is 4.74 Å². The predicted molar refractivity (Wildman–Crippen MR) is 59.2 cm³/mol. The Bertz CT molecular complexity index is 383. The van der Waals surface area contributed by atoms with Crippen molar-refractivity contribution in [3.63, 3.8) is 0 Å². The van der Waals surface area contributed by atoms with E-state index in [0.717, 1.165) is 23.8 Å². The van der Waals surface area contributed by atoms with Gasteiger partial charge in [-0.05, 0) is 6.08 Å². The topological polar surface area (TPSA) is 35.0 Å². The van der Waals surface area contributed by atoms with Crippen molar-refractivity contribution in [3.05, 3.63) is 49.0 Å². The number of benzene rings is 1. The predicted octanol–water partition coefficient (Wildman–Crippen LogP) is 2.55. The van der Waals surface area contributed by atoms with Crippen LogP contribution in [0.3, 0.4) is 0 Å². The fraction of sp³-hybridized carbons (Fsp3) is 0.167. The van der Waals surface area contributed by atoms with Crippen LogP contribution in [-0.4, -0.2) is 16.8 Å². The zero-order valence-corrected chi connectivity index (χ0v) is 8.34. The number of aromatic nitrogens is 2. The van der Waals surface area contributed by atoms with E-state index in [1.54, 1.807) is 18.7 Å². The number of fused-ring (bicyclic) bond motifs is 1. The molecule has 2 aromatic rings. The number of ether oxygens (including phenoxy) is 1. The molecule has 1 aliphatic rings. The average molecular weight is 200 g/mol. The Morgan fingerprint density at radius 3 is 2.07 bits per heavy atom. The molecular weight excluding hydrogens is 188 g/mol. The summed E-state index contributed by atoms with van der Waals surface area (Å²) in [5, 5.41) is 9.80. The lowest BCUT2D eigenvalue weighted by Crippen LogP contribution is -1.77. The van der Waals surface area contributed by atoms with Crippen LogP contribution < -0.4 is 0 Å². The molecule has 15 heavy (non-hydrogen) atoms. The van der Waals surface area contributed by atoms with Crippen LogP contribution in [0.25, 0.3) is 10.8 Å². The van der Waals surface area contributed by atoms with Gasteiger partial charge in [0.1, 0.15) is 0 Å². The summed E-state index contributed by atoms with van der Waals surface area (Å²) in [6, 6.07) is 8.02. The van der Waals surface area contributed by atoms with Crippen LogP contribution in [0.5, 0.6) is 0 Å². The average Bonchev–Trinajstić information content (AvgIpc) is 2.88. The Kier molecular flexibility index (Phi) is 3.28. The largest absolute Gasteiger partial charge is 0.501 e. The third-order valence-electron chi connectivity index (χ3n) is 2.05. The van der Waals surface area contributed by atoms with Crippen LogP contribution in [0.2, 0.25) is 0 Å². The van der Waals surface area contributed by atoms with E-state index in [0.29, 0.717) is 0 Å². The van der Waals surface area contributed by atoms with Crippen LogP contribution in [0.15, 0.2) is 49.0 Å². The van der Waals surface area contributed by atoms with Crippen molar-refractivity contribution in [2.24, 2.45) is 0 Å². The van der Waals surface area contributed by atoms with Crippen molar-refractivity contribution >= 4 is 10.8 Å². The summed E-state index contributed by atoms with van der Waals surface area (Å²) in [6.45, 7) is 0.889. The molecule has 0 saturated heterocycles. The number of hydrogen-bond donors (Lipinski definition) is 0. The van der Waals surface area contributed by atoms with E-state index in [1.807, 2.05) is 30.3 Å². The first-order valence-electron chi connectivity index (χ1n) is 4.89. The van der Waals surface area contributed by atoms with Gasteiger partial charge in [0.2, 0.25) is 0 Å². The van der Waals surface area contributed by atoms with Gasteiger partial charge in [-0.25, -0.2) is 0 Å². The molecule has 0 atom stereocenters. The first-order valence-corrected chi connectivity index (χ1v) is 4.89. The molecule has 2 heterocycles. The van der Waals surface area contributed by atoms with Crippen molar-refractivity contribution in [1.82, 2.24) is 10.2 Å². The Morgan fingerprint density at radius 2 is 1.67 bits per heavy atom. The quantitative estimate of drug-likeness (QED) is 0.655. The molecule has 0 fully saturated rings. The normalized spacial score (nSPS) is 13.1. The van der Waals surface area contributed by atoms with Crippen LogP contribution in [0, 0.1) is 0 Å². The van der Waals surface area contributed by atoms with Gasteiger partial charge in [-0.15, -0.1) is 0 Å². The van der Waals surface area contributed by atoms with Crippen LogP contribution in [-0.2, 0) is 4.74 Å². The smallest absolute Gasteiger partial charge is 0.0908 e. The molecule has 0 aliphatic carbocycles. The second-order valence-corrected chi connectivity index (χ2v) is 3.15. The van der Waals surface area contributed by atoms with E-state index in [1.165, 1.54) is 0 Å². The van der Waals surface area contributed by atoms with Gasteiger partial charge in [-0.1, -0.05) is 24.3 Å². The summed E-state index contributed by atoms with van der Waals surface area (Å²) in [6.07, 6.45) is 8.37. The Balaban J connectivity index is 0.000000144. The minimum absolute atomic E-state index is 0.889. The third kappa shape index (κ3) is 2.77. The second kappa shape index (κ2) is 5.10. The third-order valence-corrected chi connectivity index (χ3v) is 2.05. The maximum absolute atomic E-state index is 4.76. The van der Waals surface area contributed by atoms with Gasteiger partial charge in [0, 0.05) is 17.2 Å². The van der Waals surface area contributed by atoms with Gasteiger partial charge in [-0.3, -0.25) is 0 Å². The first kappa shape index (κ1) is 9.65. The van der Waals surface area contributed by atoms with E-state index in [4.69, 9.17) is 4.74 Å². The van der Waals surface area contributed by atoms with Crippen LogP contribution in [0.1, 0.15) is 6.42 Å². The molecule has 1 aliphatic heterocycles. The molecule has 0 amide bonds. The Morgan fingerprint density at radius 1 is 1.00 bits per heavy atom. The van der Waals surface area contributed by atoms with Gasteiger partial charge in [0.15, 0.2) is 0 Å². The summed E-state index contributed by atoms with van der Waals surface area (Å²) in [4.78, 5) is 0. The van der Waals surface area contributed by atoms with Crippen molar-refractivity contribution in [2.45, 2.75) is 6.42 Å². The van der Waals surface area contributed by atoms with Crippen molar-refractivity contribution < 1.29 is 4.74 Å². The SMILES string of the molecule is C1=COCC1.c1ccc2cnncc2c1. The highest BCUT2D eigenvalue weighted by atomic mass is 16.5. The molecule has 3 nitrogen and oxygen atoms in total. The molecule has 0 spiro atoms. The lowest BCUT2D eigenvalue weighted by molar-refractivity contribution is 0.281. The minimum Gasteiger partial charge on any atom is -0.501 e. The van der Waals surface area contributed by atoms with Crippen molar-refractivity contribution in [3.8, 4) is 0 Å². The number of rotatable bonds is 0. The van der Waals surface area contributed by atoms with Crippen molar-refractivity contribution in [2.75, 3.05) is 6.61 Å². The monoisotopic (exact) mass is 200 g/mol. The zero-order chi connectivity index (χ0) is 10.3. The molecule has 0 N–H and O–H groups in total. The highest BCUT2D eigenvalue weighted by Gasteiger charge is 1.87. The lowest BCUT2D eigenvalue weighted by Gasteiger charge is -1.90. The fourth-order valence-corrected chi connectivity index (χ4v) is 1.28. The summed E-state index contributed by atoms with van der Waals surface area (Å²) >= 11 is 0. The summed E-state index contributed by atoms with van der Waals surface area (Å²) in [7, 11) is 0. The van der Waals surface area contributed by atoms with Crippen molar-refractivity contribution in [1.29, 1.82) is 0 Å². The molecule has 0 radical (unpaired) electrons. The first-order chi connectivity index (χ1) is 7.47. The zero-order valence-electron chi connectivity index (χ0n) is 8.34. The summed E-state index contributed by atoms with van der Waals surface area (Å²) < 4.78 is 4.76. The molecule has 0 saturated carbocycles. The van der Waals surface area contributed by atoms with E-state index >= 15 is 0 Å². The van der Waals surface area contributed by atoms with E-state index in [9.17, 15) is 0 Å². The molecule has 1 aromatic heterocycles. The van der Waals surface area contributed by atoms with E-state index in [2.05, 4.69) is 10.2 Å². The molecule has 3 heteroatoms. The van der Waals surface area contributed by atoms with Gasteiger partial charge >= 0.3 is 0 Å². The summed E-state index contributed by atoms with van der Waals surface area (Å²) in [5.41, 5.74) is 0. The highest BCUT2D eigenvalue weighted by Crippen LogP contribution is 2.08. The second-order valence-electron chi connectivity index (χ2n) is 3.15. The lowest BCUT2D eigenvalue weighted by atomic mass is 10.2. The maximum Gasteiger partial charge on any atom is 0.0908 e. The fourth-order valence-electron chi connectivity index (χ4n) is 1.28. The van der Waals surface area contributed by atoms with E-state index in [-0.39, 0.29) is 0 Å². The van der Waals surface area contributed by atoms with Gasteiger partial charge in [0.25, 0.3) is 0 Å². The highest BCUT2D eigenvalue weighted by molar-refractivity contribution is 5.80. The number of hydrogen-bond acceptors (Lipinski definition) is 3.